The Labute approximate surface area is 156 Å². The summed E-state index contributed by atoms with van der Waals surface area (Å²) in [7, 11) is 0. The molecule has 142 valence electrons. The van der Waals surface area contributed by atoms with Gasteiger partial charge in [0.1, 0.15) is 0 Å². The number of likely N-dealkylation sites (tertiary alicyclic amines) is 1. The molecule has 6 heteroatoms. The van der Waals surface area contributed by atoms with Crippen LogP contribution in [0.2, 0.25) is 0 Å². The summed E-state index contributed by atoms with van der Waals surface area (Å²) in [5.41, 5.74) is 7.14. The molecule has 27 heavy (non-hydrogen) atoms. The minimum absolute atomic E-state index is 0.0892. The Kier molecular flexibility index (Phi) is 5.11. The first-order chi connectivity index (χ1) is 12.7. The molecule has 1 amide bonds. The van der Waals surface area contributed by atoms with Gasteiger partial charge in [0.2, 0.25) is 0 Å². The standard InChI is InChI=1S/C21H21F3N2O/c1-2-3-12-20(25)13-26(14-20)19(27)17-6-4-15(5-7-17)16-8-10-18(11-9-16)21(22,23)24/h2,4-11H,1,3,12-14,25H2. The molecule has 1 heterocycles. The average Bonchev–Trinajstić information content (AvgIpc) is 2.63. The Morgan fingerprint density at radius 1 is 1.07 bits per heavy atom. The molecule has 0 aromatic heterocycles. The fourth-order valence-corrected chi connectivity index (χ4v) is 3.24. The maximum Gasteiger partial charge on any atom is 0.416 e. The van der Waals surface area contributed by atoms with Crippen molar-refractivity contribution in [1.82, 2.24) is 4.90 Å². The fraction of sp³-hybridized carbons (Fsp3) is 0.286. The number of alkyl halides is 3. The molecule has 2 aromatic rings. The molecule has 1 saturated heterocycles. The van der Waals surface area contributed by atoms with Gasteiger partial charge in [-0.25, -0.2) is 0 Å². The van der Waals surface area contributed by atoms with E-state index in [-0.39, 0.29) is 11.4 Å². The van der Waals surface area contributed by atoms with Crippen molar-refractivity contribution in [2.75, 3.05) is 13.1 Å². The van der Waals surface area contributed by atoms with E-state index < -0.39 is 11.7 Å². The van der Waals surface area contributed by atoms with Crippen LogP contribution >= 0.6 is 0 Å². The zero-order chi connectivity index (χ0) is 19.7. The molecule has 0 aliphatic carbocycles. The van der Waals surface area contributed by atoms with Crippen molar-refractivity contribution in [1.29, 1.82) is 0 Å². The third-order valence-corrected chi connectivity index (χ3v) is 4.82. The van der Waals surface area contributed by atoms with Gasteiger partial charge < -0.3 is 10.6 Å². The Morgan fingerprint density at radius 2 is 1.59 bits per heavy atom. The molecule has 0 spiro atoms. The summed E-state index contributed by atoms with van der Waals surface area (Å²) < 4.78 is 37.9. The van der Waals surface area contributed by atoms with Crippen molar-refractivity contribution >= 4 is 5.91 Å². The highest BCUT2D eigenvalue weighted by atomic mass is 19.4. The average molecular weight is 374 g/mol. The third-order valence-electron chi connectivity index (χ3n) is 4.82. The van der Waals surface area contributed by atoms with E-state index in [0.29, 0.717) is 24.2 Å². The first kappa shape index (κ1) is 19.2. The summed E-state index contributed by atoms with van der Waals surface area (Å²) >= 11 is 0. The van der Waals surface area contributed by atoms with E-state index in [1.54, 1.807) is 29.2 Å². The molecule has 2 N–H and O–H groups in total. The van der Waals surface area contributed by atoms with Crippen LogP contribution in [-0.4, -0.2) is 29.4 Å². The maximum absolute atomic E-state index is 12.6. The van der Waals surface area contributed by atoms with E-state index >= 15 is 0 Å². The third kappa shape index (κ3) is 4.22. The van der Waals surface area contributed by atoms with Gasteiger partial charge in [-0.2, -0.15) is 13.2 Å². The lowest BCUT2D eigenvalue weighted by molar-refractivity contribution is -0.137. The number of benzene rings is 2. The lowest BCUT2D eigenvalue weighted by atomic mass is 9.85. The van der Waals surface area contributed by atoms with Crippen LogP contribution in [0, 0.1) is 0 Å². The minimum Gasteiger partial charge on any atom is -0.335 e. The van der Waals surface area contributed by atoms with Crippen LogP contribution in [0.3, 0.4) is 0 Å². The zero-order valence-corrected chi connectivity index (χ0v) is 14.8. The molecule has 0 unspecified atom stereocenters. The molecule has 0 radical (unpaired) electrons. The van der Waals surface area contributed by atoms with Crippen molar-refractivity contribution in [3.8, 4) is 11.1 Å². The molecule has 3 rings (SSSR count). The smallest absolute Gasteiger partial charge is 0.335 e. The SMILES string of the molecule is C=CCCC1(N)CN(C(=O)c2ccc(-c3ccc(C(F)(F)F)cc3)cc2)C1. The van der Waals surface area contributed by atoms with Crippen molar-refractivity contribution in [3.05, 3.63) is 72.3 Å². The number of hydrogen-bond donors (Lipinski definition) is 1. The topological polar surface area (TPSA) is 46.3 Å². The molecular weight excluding hydrogens is 353 g/mol. The van der Waals surface area contributed by atoms with Gasteiger partial charge >= 0.3 is 6.18 Å². The highest BCUT2D eigenvalue weighted by Gasteiger charge is 2.41. The lowest BCUT2D eigenvalue weighted by Crippen LogP contribution is -2.68. The van der Waals surface area contributed by atoms with Gasteiger partial charge in [0.15, 0.2) is 0 Å². The summed E-state index contributed by atoms with van der Waals surface area (Å²) in [6.45, 7) is 4.71. The molecule has 1 aliphatic heterocycles. The Hall–Kier alpha value is -2.60. The first-order valence-electron chi connectivity index (χ1n) is 8.69. The number of hydrogen-bond acceptors (Lipinski definition) is 2. The van der Waals surface area contributed by atoms with Crippen molar-refractivity contribution in [2.24, 2.45) is 5.73 Å². The summed E-state index contributed by atoms with van der Waals surface area (Å²) in [5, 5.41) is 0. The molecule has 2 aromatic carbocycles. The highest BCUT2D eigenvalue weighted by molar-refractivity contribution is 5.95. The number of amides is 1. The van der Waals surface area contributed by atoms with Gasteiger partial charge in [0, 0.05) is 18.7 Å². The molecule has 0 bridgehead atoms. The van der Waals surface area contributed by atoms with Crippen molar-refractivity contribution in [2.45, 2.75) is 24.6 Å². The number of allylic oxidation sites excluding steroid dienone is 1. The first-order valence-corrected chi connectivity index (χ1v) is 8.69. The highest BCUT2D eigenvalue weighted by Crippen LogP contribution is 2.31. The van der Waals surface area contributed by atoms with Crippen LogP contribution < -0.4 is 5.73 Å². The number of carbonyl (C=O) groups excluding carboxylic acids is 1. The van der Waals surface area contributed by atoms with Crippen LogP contribution in [0.5, 0.6) is 0 Å². The lowest BCUT2D eigenvalue weighted by Gasteiger charge is -2.47. The van der Waals surface area contributed by atoms with E-state index in [4.69, 9.17) is 5.73 Å². The van der Waals surface area contributed by atoms with Gasteiger partial charge in [-0.3, -0.25) is 4.79 Å². The van der Waals surface area contributed by atoms with E-state index in [1.807, 2.05) is 6.08 Å². The predicted octanol–water partition coefficient (Wildman–Crippen LogP) is 4.49. The van der Waals surface area contributed by atoms with Gasteiger partial charge in [0.05, 0.1) is 11.1 Å². The largest absolute Gasteiger partial charge is 0.416 e. The fourth-order valence-electron chi connectivity index (χ4n) is 3.24. The zero-order valence-electron chi connectivity index (χ0n) is 14.8. The van der Waals surface area contributed by atoms with Crippen LogP contribution in [0.15, 0.2) is 61.2 Å². The quantitative estimate of drug-likeness (QED) is 0.784. The number of nitrogens with two attached hydrogens (primary N) is 1. The van der Waals surface area contributed by atoms with Crippen LogP contribution in [0.4, 0.5) is 13.2 Å². The minimum atomic E-state index is -4.35. The van der Waals surface area contributed by atoms with Gasteiger partial charge in [-0.1, -0.05) is 30.3 Å². The van der Waals surface area contributed by atoms with Gasteiger partial charge in [-0.05, 0) is 48.2 Å². The van der Waals surface area contributed by atoms with Crippen molar-refractivity contribution in [3.63, 3.8) is 0 Å². The van der Waals surface area contributed by atoms with Crippen LogP contribution in [0.1, 0.15) is 28.8 Å². The Morgan fingerprint density at radius 3 is 2.07 bits per heavy atom. The molecule has 0 saturated carbocycles. The second-order valence-electron chi connectivity index (χ2n) is 7.00. The Balaban J connectivity index is 1.65. The number of rotatable bonds is 5. The molecule has 0 atom stereocenters. The van der Waals surface area contributed by atoms with E-state index in [1.165, 1.54) is 12.1 Å². The van der Waals surface area contributed by atoms with Gasteiger partial charge in [-0.15, -0.1) is 6.58 Å². The monoisotopic (exact) mass is 374 g/mol. The van der Waals surface area contributed by atoms with Gasteiger partial charge in [0.25, 0.3) is 5.91 Å². The van der Waals surface area contributed by atoms with E-state index in [0.717, 1.165) is 30.5 Å². The molecule has 3 nitrogen and oxygen atoms in total. The van der Waals surface area contributed by atoms with E-state index in [2.05, 4.69) is 6.58 Å². The number of carbonyl (C=O) groups is 1. The normalized spacial score (nSPS) is 15.9. The van der Waals surface area contributed by atoms with E-state index in [9.17, 15) is 18.0 Å². The second-order valence-corrected chi connectivity index (χ2v) is 7.00. The number of nitrogens with zero attached hydrogens (tertiary/aromatic N) is 1. The van der Waals surface area contributed by atoms with Crippen molar-refractivity contribution < 1.29 is 18.0 Å². The Bertz CT molecular complexity index is 820. The summed E-state index contributed by atoms with van der Waals surface area (Å²) in [6, 6.07) is 11.8. The molecule has 1 aliphatic rings. The molecule has 1 fully saturated rings. The van der Waals surface area contributed by atoms with Crippen LogP contribution in [0.25, 0.3) is 11.1 Å². The predicted molar refractivity (Wildman–Crippen MR) is 99.1 cm³/mol. The summed E-state index contributed by atoms with van der Waals surface area (Å²) in [5.74, 6) is -0.0892. The summed E-state index contributed by atoms with van der Waals surface area (Å²) in [6.07, 6.45) is -0.914. The second kappa shape index (κ2) is 7.19. The maximum atomic E-state index is 12.6. The summed E-state index contributed by atoms with van der Waals surface area (Å²) in [4.78, 5) is 14.2. The number of halogens is 3. The van der Waals surface area contributed by atoms with Crippen LogP contribution in [-0.2, 0) is 6.18 Å². The molecular formula is C21H21F3N2O.